The van der Waals surface area contributed by atoms with Crippen molar-refractivity contribution in [2.75, 3.05) is 19.8 Å². The van der Waals surface area contributed by atoms with E-state index in [2.05, 4.69) is 10.4 Å². The van der Waals surface area contributed by atoms with Crippen LogP contribution in [0.1, 0.15) is 48.5 Å². The van der Waals surface area contributed by atoms with Gasteiger partial charge in [-0.3, -0.25) is 19.0 Å². The number of hydrogen-bond acceptors (Lipinski definition) is 6. The normalized spacial score (nSPS) is 22.1. The van der Waals surface area contributed by atoms with Gasteiger partial charge in [0.1, 0.15) is 11.3 Å². The number of aromatic nitrogens is 3. The monoisotopic (exact) mass is 459 g/mol. The first-order valence-corrected chi connectivity index (χ1v) is 11.2. The van der Waals surface area contributed by atoms with Gasteiger partial charge in [-0.25, -0.2) is 4.39 Å². The van der Waals surface area contributed by atoms with E-state index in [1.165, 1.54) is 18.3 Å². The molecule has 0 bridgehead atoms. The molecule has 1 saturated heterocycles. The summed E-state index contributed by atoms with van der Waals surface area (Å²) in [4.78, 5) is 40.3. The number of nitrogens with zero attached hydrogens (tertiary/aromatic N) is 4. The van der Waals surface area contributed by atoms with Crippen LogP contribution in [0.4, 0.5) is 4.39 Å². The van der Waals surface area contributed by atoms with Crippen LogP contribution in [0.15, 0.2) is 17.1 Å². The van der Waals surface area contributed by atoms with Crippen LogP contribution in [0, 0.1) is 0 Å². The maximum absolute atomic E-state index is 14.7. The number of carbonyl (C=O) groups excluding carboxylic acids is 2. The molecule has 33 heavy (non-hydrogen) atoms. The van der Waals surface area contributed by atoms with E-state index < -0.39 is 28.6 Å². The first kappa shape index (κ1) is 21.6. The Kier molecular flexibility index (Phi) is 5.23. The Morgan fingerprint density at radius 2 is 2.15 bits per heavy atom. The first-order chi connectivity index (χ1) is 15.8. The highest BCUT2D eigenvalue weighted by molar-refractivity contribution is 5.97. The average molecular weight is 459 g/mol. The van der Waals surface area contributed by atoms with Gasteiger partial charge in [0.25, 0.3) is 11.5 Å². The molecule has 0 unspecified atom stereocenters. The molecule has 0 aromatic carbocycles. The summed E-state index contributed by atoms with van der Waals surface area (Å²) in [5.41, 5.74) is -2.31. The second-order valence-corrected chi connectivity index (χ2v) is 9.11. The second-order valence-electron chi connectivity index (χ2n) is 9.11. The van der Waals surface area contributed by atoms with Crippen molar-refractivity contribution < 1.29 is 23.8 Å². The van der Waals surface area contributed by atoms with Crippen molar-refractivity contribution in [3.05, 3.63) is 33.8 Å². The standard InChI is InChI=1S/C22H26FN5O5/c1-13-11-33-9-8-26(13)16(29)5-2-14-10-24-28-19(14)27(12-22(23)6-7-22)20(31)17(21(28)32)18(30)25-15-3-4-15/h2,5,10,13,15,32H,3-4,6-9,11-12H2,1H3,(H,25,30)/b5-2+/t13-/m1/s1. The van der Waals surface area contributed by atoms with Crippen LogP contribution >= 0.6 is 0 Å². The predicted octanol–water partition coefficient (Wildman–Crippen LogP) is 0.856. The van der Waals surface area contributed by atoms with Crippen molar-refractivity contribution in [2.45, 2.75) is 56.9 Å². The summed E-state index contributed by atoms with van der Waals surface area (Å²) in [5.74, 6) is -1.54. The molecular weight excluding hydrogens is 433 g/mol. The predicted molar refractivity (Wildman–Crippen MR) is 116 cm³/mol. The summed E-state index contributed by atoms with van der Waals surface area (Å²) in [6.45, 7) is 3.00. The first-order valence-electron chi connectivity index (χ1n) is 11.2. The van der Waals surface area contributed by atoms with Crippen LogP contribution in [-0.4, -0.2) is 73.5 Å². The van der Waals surface area contributed by atoms with E-state index in [0.717, 1.165) is 21.9 Å². The molecule has 5 rings (SSSR count). The SMILES string of the molecule is C[C@@H]1COCCN1C(=O)/C=C/c1cnn2c(O)c(C(=O)NC3CC3)c(=O)n(CC3(F)CC3)c12. The molecule has 176 valence electrons. The lowest BCUT2D eigenvalue weighted by Crippen LogP contribution is -2.46. The quantitative estimate of drug-likeness (QED) is 0.619. The van der Waals surface area contributed by atoms with E-state index in [1.54, 1.807) is 4.90 Å². The Balaban J connectivity index is 1.55. The zero-order valence-electron chi connectivity index (χ0n) is 18.3. The Morgan fingerprint density at radius 3 is 2.82 bits per heavy atom. The molecule has 2 saturated carbocycles. The maximum atomic E-state index is 14.7. The third kappa shape index (κ3) is 4.12. The molecule has 11 heteroatoms. The molecule has 1 aliphatic heterocycles. The highest BCUT2D eigenvalue weighted by atomic mass is 19.1. The Morgan fingerprint density at radius 1 is 1.39 bits per heavy atom. The smallest absolute Gasteiger partial charge is 0.270 e. The lowest BCUT2D eigenvalue weighted by atomic mass is 10.2. The van der Waals surface area contributed by atoms with E-state index in [1.807, 2.05) is 6.92 Å². The second kappa shape index (κ2) is 7.98. The number of alkyl halides is 1. The topological polar surface area (TPSA) is 118 Å². The third-order valence-electron chi connectivity index (χ3n) is 6.34. The van der Waals surface area contributed by atoms with E-state index in [9.17, 15) is 23.9 Å². The number of fused-ring (bicyclic) bond motifs is 1. The summed E-state index contributed by atoms with van der Waals surface area (Å²) in [5, 5.41) is 17.5. The van der Waals surface area contributed by atoms with Crippen molar-refractivity contribution in [3.8, 4) is 5.88 Å². The van der Waals surface area contributed by atoms with Gasteiger partial charge < -0.3 is 20.1 Å². The Labute approximate surface area is 188 Å². The van der Waals surface area contributed by atoms with Gasteiger partial charge in [-0.2, -0.15) is 9.61 Å². The van der Waals surface area contributed by atoms with E-state index in [0.29, 0.717) is 38.2 Å². The highest BCUT2D eigenvalue weighted by Crippen LogP contribution is 2.41. The molecule has 2 aromatic heterocycles. The Bertz CT molecular complexity index is 1210. The summed E-state index contributed by atoms with van der Waals surface area (Å²) in [7, 11) is 0. The molecule has 3 heterocycles. The van der Waals surface area contributed by atoms with Gasteiger partial charge in [0, 0.05) is 24.2 Å². The van der Waals surface area contributed by atoms with Gasteiger partial charge in [-0.05, 0) is 38.7 Å². The fourth-order valence-electron chi connectivity index (χ4n) is 4.05. The number of ether oxygens (including phenoxy) is 1. The van der Waals surface area contributed by atoms with Crippen molar-refractivity contribution in [1.82, 2.24) is 24.4 Å². The van der Waals surface area contributed by atoms with Crippen LogP contribution in [0.25, 0.3) is 11.7 Å². The fraction of sp³-hybridized carbons (Fsp3) is 0.545. The summed E-state index contributed by atoms with van der Waals surface area (Å²) < 4.78 is 22.3. The highest BCUT2D eigenvalue weighted by Gasteiger charge is 2.45. The van der Waals surface area contributed by atoms with Gasteiger partial charge in [-0.15, -0.1) is 0 Å². The zero-order valence-corrected chi connectivity index (χ0v) is 18.3. The molecule has 10 nitrogen and oxygen atoms in total. The summed E-state index contributed by atoms with van der Waals surface area (Å²) in [6, 6.07) is -0.100. The lowest BCUT2D eigenvalue weighted by Gasteiger charge is -2.32. The third-order valence-corrected chi connectivity index (χ3v) is 6.34. The van der Waals surface area contributed by atoms with E-state index in [-0.39, 0.29) is 30.2 Å². The molecular formula is C22H26FN5O5. The van der Waals surface area contributed by atoms with Crippen LogP contribution in [-0.2, 0) is 16.1 Å². The van der Waals surface area contributed by atoms with Crippen LogP contribution in [0.2, 0.25) is 0 Å². The molecule has 3 fully saturated rings. The molecule has 0 radical (unpaired) electrons. The average Bonchev–Trinajstić information content (AvgIpc) is 3.69. The van der Waals surface area contributed by atoms with Crippen LogP contribution in [0.3, 0.4) is 0 Å². The van der Waals surface area contributed by atoms with Crippen molar-refractivity contribution in [3.63, 3.8) is 0 Å². The van der Waals surface area contributed by atoms with Crippen LogP contribution < -0.4 is 10.9 Å². The van der Waals surface area contributed by atoms with Gasteiger partial charge in [0.05, 0.1) is 32.0 Å². The minimum absolute atomic E-state index is 0.0268. The number of hydrogen-bond donors (Lipinski definition) is 2. The van der Waals surface area contributed by atoms with Gasteiger partial charge in [0.2, 0.25) is 11.8 Å². The summed E-state index contributed by atoms with van der Waals surface area (Å²) in [6.07, 6.45) is 6.46. The molecule has 1 atom stereocenters. The van der Waals surface area contributed by atoms with E-state index in [4.69, 9.17) is 4.74 Å². The lowest BCUT2D eigenvalue weighted by molar-refractivity contribution is -0.133. The van der Waals surface area contributed by atoms with Gasteiger partial charge in [-0.1, -0.05) is 0 Å². The molecule has 2 aromatic rings. The number of rotatable bonds is 6. The van der Waals surface area contributed by atoms with Crippen molar-refractivity contribution in [2.24, 2.45) is 0 Å². The molecule has 2 N–H and O–H groups in total. The van der Waals surface area contributed by atoms with Crippen LogP contribution in [0.5, 0.6) is 5.88 Å². The maximum Gasteiger partial charge on any atom is 0.270 e. The number of aromatic hydroxyl groups is 1. The van der Waals surface area contributed by atoms with Crippen molar-refractivity contribution >= 4 is 23.5 Å². The molecule has 2 aliphatic carbocycles. The zero-order chi connectivity index (χ0) is 23.3. The summed E-state index contributed by atoms with van der Waals surface area (Å²) >= 11 is 0. The van der Waals surface area contributed by atoms with Gasteiger partial charge >= 0.3 is 0 Å². The number of amides is 2. The molecule has 2 amide bonds. The number of morpholine rings is 1. The minimum atomic E-state index is -1.55. The van der Waals surface area contributed by atoms with E-state index >= 15 is 0 Å². The number of halogens is 1. The number of carbonyl (C=O) groups is 2. The van der Waals surface area contributed by atoms with Crippen molar-refractivity contribution in [1.29, 1.82) is 0 Å². The largest absolute Gasteiger partial charge is 0.492 e. The van der Waals surface area contributed by atoms with Gasteiger partial charge in [0.15, 0.2) is 5.56 Å². The fourth-order valence-corrected chi connectivity index (χ4v) is 4.05. The molecule has 3 aliphatic rings. The Hall–Kier alpha value is -3.21. The number of nitrogens with one attached hydrogen (secondary N) is 1. The minimum Gasteiger partial charge on any atom is -0.492 e. The molecule has 0 spiro atoms.